The molecule has 9 heteroatoms. The Balaban J connectivity index is 1.20. The van der Waals surface area contributed by atoms with E-state index in [-0.39, 0.29) is 22.5 Å². The van der Waals surface area contributed by atoms with Crippen molar-refractivity contribution < 1.29 is 17.7 Å². The van der Waals surface area contributed by atoms with E-state index in [9.17, 15) is 13.2 Å². The van der Waals surface area contributed by atoms with Crippen LogP contribution in [0.5, 0.6) is 0 Å². The molecule has 1 aromatic heterocycles. The van der Waals surface area contributed by atoms with Crippen molar-refractivity contribution in [2.45, 2.75) is 31.6 Å². The number of carbonyl (C=O) groups is 1. The molecule has 2 aliphatic rings. The Kier molecular flexibility index (Phi) is 7.67. The van der Waals surface area contributed by atoms with Gasteiger partial charge in [0.25, 0.3) is 0 Å². The molecule has 0 bridgehead atoms. The summed E-state index contributed by atoms with van der Waals surface area (Å²) in [5.74, 6) is 0.199. The smallest absolute Gasteiger partial charge is 0.248 e. The minimum absolute atomic E-state index is 0.0997. The number of benzene rings is 2. The van der Waals surface area contributed by atoms with E-state index in [1.54, 1.807) is 13.0 Å². The van der Waals surface area contributed by atoms with E-state index in [1.165, 1.54) is 9.99 Å². The number of piperazine rings is 1. The zero-order valence-electron chi connectivity index (χ0n) is 21.9. The van der Waals surface area contributed by atoms with E-state index in [1.807, 2.05) is 60.4 Å². The van der Waals surface area contributed by atoms with Gasteiger partial charge in [0.15, 0.2) is 10.7 Å². The van der Waals surface area contributed by atoms with Gasteiger partial charge in [0.1, 0.15) is 5.69 Å². The molecule has 200 valence electrons. The lowest BCUT2D eigenvalue weighted by atomic mass is 9.96. The first kappa shape index (κ1) is 26.2. The van der Waals surface area contributed by atoms with Gasteiger partial charge in [-0.2, -0.15) is 4.31 Å². The number of aromatic nitrogens is 1. The Labute approximate surface area is 224 Å². The summed E-state index contributed by atoms with van der Waals surface area (Å²) >= 11 is 0. The molecule has 3 aromatic rings. The maximum Gasteiger partial charge on any atom is 0.248 e. The van der Waals surface area contributed by atoms with Crippen LogP contribution in [0.3, 0.4) is 0 Å². The number of hydrogen-bond acceptors (Lipinski definition) is 6. The number of anilines is 1. The molecule has 1 amide bonds. The first-order valence-electron chi connectivity index (χ1n) is 13.1. The molecule has 2 aromatic carbocycles. The highest BCUT2D eigenvalue weighted by atomic mass is 32.2. The lowest BCUT2D eigenvalue weighted by Crippen LogP contribution is -2.52. The highest BCUT2D eigenvalue weighted by Gasteiger charge is 2.37. The summed E-state index contributed by atoms with van der Waals surface area (Å²) in [5, 5.41) is 3.94. The third-order valence-corrected chi connectivity index (χ3v) is 9.51. The number of sulfonamides is 1. The molecule has 0 saturated carbocycles. The summed E-state index contributed by atoms with van der Waals surface area (Å²) in [6.45, 7) is 7.23. The van der Waals surface area contributed by atoms with Crippen molar-refractivity contribution in [3.05, 3.63) is 77.2 Å². The molecule has 0 N–H and O–H groups in total. The van der Waals surface area contributed by atoms with Crippen LogP contribution in [0.1, 0.15) is 35.4 Å². The fourth-order valence-corrected chi connectivity index (χ4v) is 6.92. The minimum Gasteiger partial charge on any atom is -0.368 e. The van der Waals surface area contributed by atoms with Crippen molar-refractivity contribution in [1.82, 2.24) is 14.4 Å². The molecular formula is C29H34N4O4S. The monoisotopic (exact) mass is 534 g/mol. The lowest BCUT2D eigenvalue weighted by molar-refractivity contribution is -0.137. The van der Waals surface area contributed by atoms with Gasteiger partial charge in [-0.3, -0.25) is 4.79 Å². The average Bonchev–Trinajstić information content (AvgIpc) is 3.34. The zero-order chi connectivity index (χ0) is 26.7. The van der Waals surface area contributed by atoms with Gasteiger partial charge in [-0.1, -0.05) is 59.3 Å². The van der Waals surface area contributed by atoms with Crippen molar-refractivity contribution in [2.24, 2.45) is 5.92 Å². The molecule has 0 unspecified atom stereocenters. The van der Waals surface area contributed by atoms with Gasteiger partial charge in [-0.25, -0.2) is 8.42 Å². The van der Waals surface area contributed by atoms with Gasteiger partial charge in [-0.05, 0) is 50.5 Å². The number of rotatable bonds is 6. The van der Waals surface area contributed by atoms with Crippen molar-refractivity contribution in [2.75, 3.05) is 44.2 Å². The van der Waals surface area contributed by atoms with Gasteiger partial charge in [-0.15, -0.1) is 0 Å². The molecule has 2 saturated heterocycles. The normalized spacial score (nSPS) is 17.8. The molecule has 2 aliphatic heterocycles. The molecular weight excluding hydrogens is 500 g/mol. The van der Waals surface area contributed by atoms with Crippen LogP contribution in [0.2, 0.25) is 0 Å². The van der Waals surface area contributed by atoms with Crippen LogP contribution in [-0.2, 0) is 14.8 Å². The van der Waals surface area contributed by atoms with Crippen LogP contribution in [0.4, 0.5) is 5.69 Å². The predicted molar refractivity (Wildman–Crippen MR) is 148 cm³/mol. The number of piperidine rings is 1. The average molecular weight is 535 g/mol. The van der Waals surface area contributed by atoms with Gasteiger partial charge in [0.05, 0.1) is 0 Å². The third kappa shape index (κ3) is 5.54. The molecule has 38 heavy (non-hydrogen) atoms. The van der Waals surface area contributed by atoms with E-state index in [4.69, 9.17) is 4.52 Å². The molecule has 0 atom stereocenters. The van der Waals surface area contributed by atoms with Crippen molar-refractivity contribution in [3.8, 4) is 0 Å². The van der Waals surface area contributed by atoms with Gasteiger partial charge in [0, 0.05) is 50.9 Å². The van der Waals surface area contributed by atoms with Gasteiger partial charge >= 0.3 is 0 Å². The summed E-state index contributed by atoms with van der Waals surface area (Å²) in [6, 6.07) is 18.2. The third-order valence-electron chi connectivity index (χ3n) is 7.45. The number of carbonyl (C=O) groups excluding carboxylic acids is 1. The first-order valence-corrected chi connectivity index (χ1v) is 14.6. The highest BCUT2D eigenvalue weighted by molar-refractivity contribution is 7.89. The number of amides is 1. The predicted octanol–water partition coefficient (Wildman–Crippen LogP) is 4.21. The summed E-state index contributed by atoms with van der Waals surface area (Å²) in [4.78, 5) is 17.6. The summed E-state index contributed by atoms with van der Waals surface area (Å²) in [6.07, 6.45) is 4.50. The molecule has 0 radical (unpaired) electrons. The molecule has 3 heterocycles. The van der Waals surface area contributed by atoms with Crippen molar-refractivity contribution in [1.29, 1.82) is 0 Å². The van der Waals surface area contributed by atoms with E-state index in [0.29, 0.717) is 44.7 Å². The van der Waals surface area contributed by atoms with E-state index >= 15 is 0 Å². The number of aryl methyl sites for hydroxylation is 2. The summed E-state index contributed by atoms with van der Waals surface area (Å²) < 4.78 is 34.0. The fraction of sp³-hybridized carbons (Fsp3) is 0.379. The van der Waals surface area contributed by atoms with Gasteiger partial charge < -0.3 is 14.3 Å². The Morgan fingerprint density at radius 1 is 0.895 bits per heavy atom. The van der Waals surface area contributed by atoms with E-state index in [2.05, 4.69) is 22.2 Å². The second-order valence-corrected chi connectivity index (χ2v) is 11.9. The first-order chi connectivity index (χ1) is 18.3. The Morgan fingerprint density at radius 2 is 1.55 bits per heavy atom. The molecule has 0 aliphatic carbocycles. The Bertz CT molecular complexity index is 1380. The zero-order valence-corrected chi connectivity index (χ0v) is 22.7. The molecule has 2 fully saturated rings. The number of nitrogens with zero attached hydrogens (tertiary/aromatic N) is 4. The maximum atomic E-state index is 13.6. The number of hydrogen-bond donors (Lipinski definition) is 0. The van der Waals surface area contributed by atoms with Crippen LogP contribution in [0, 0.1) is 19.8 Å². The van der Waals surface area contributed by atoms with Crippen LogP contribution in [0.25, 0.3) is 12.2 Å². The molecule has 8 nitrogen and oxygen atoms in total. The van der Waals surface area contributed by atoms with Crippen molar-refractivity contribution in [3.63, 3.8) is 0 Å². The summed E-state index contributed by atoms with van der Waals surface area (Å²) in [7, 11) is -3.81. The Hall–Kier alpha value is -3.43. The number of para-hydroxylation sites is 1. The van der Waals surface area contributed by atoms with E-state index < -0.39 is 10.0 Å². The maximum absolute atomic E-state index is 13.6. The fourth-order valence-electron chi connectivity index (χ4n) is 5.20. The van der Waals surface area contributed by atoms with Crippen molar-refractivity contribution >= 4 is 33.8 Å². The van der Waals surface area contributed by atoms with Crippen LogP contribution in [-0.4, -0.2) is 68.0 Å². The molecule has 5 rings (SSSR count). The Morgan fingerprint density at radius 3 is 2.21 bits per heavy atom. The second-order valence-electron chi connectivity index (χ2n) is 10.0. The topological polar surface area (TPSA) is 87.0 Å². The highest BCUT2D eigenvalue weighted by Crippen LogP contribution is 2.30. The largest absolute Gasteiger partial charge is 0.368 e. The van der Waals surface area contributed by atoms with E-state index in [0.717, 1.165) is 24.2 Å². The SMILES string of the molecule is Cc1ccc(/C=C/c2onc(C)c2S(=O)(=O)N2CCC(C(=O)N3CCN(c4ccccc4)CC3)CC2)cc1. The van der Waals surface area contributed by atoms with Gasteiger partial charge in [0.2, 0.25) is 15.9 Å². The standard InChI is InChI=1S/C29H34N4O4S/c1-22-8-10-24(11-9-22)12-13-27-28(23(2)30-37-27)38(35,36)33-16-14-25(15-17-33)29(34)32-20-18-31(19-21-32)26-6-4-3-5-7-26/h3-13,25H,14-21H2,1-2H3/b13-12+. The van der Waals surface area contributed by atoms with Crippen LogP contribution >= 0.6 is 0 Å². The second kappa shape index (κ2) is 11.1. The quantitative estimate of drug-likeness (QED) is 0.471. The van der Waals surface area contributed by atoms with Crippen LogP contribution in [0.15, 0.2) is 64.0 Å². The minimum atomic E-state index is -3.81. The lowest BCUT2D eigenvalue weighted by Gasteiger charge is -2.39. The molecule has 0 spiro atoms. The van der Waals surface area contributed by atoms with Crippen LogP contribution < -0.4 is 4.90 Å². The summed E-state index contributed by atoms with van der Waals surface area (Å²) in [5.41, 5.74) is 3.60.